The Morgan fingerprint density at radius 2 is 1.77 bits per heavy atom. The van der Waals surface area contributed by atoms with E-state index in [1.807, 2.05) is 0 Å². The lowest BCUT2D eigenvalue weighted by atomic mass is 9.99. The van der Waals surface area contributed by atoms with Gasteiger partial charge in [-0.2, -0.15) is 4.31 Å². The molecular weight excluding hydrogens is 372 g/mol. The van der Waals surface area contributed by atoms with Gasteiger partial charge in [0.2, 0.25) is 10.0 Å². The Hall–Kier alpha value is -1.11. The molecule has 0 spiro atoms. The highest BCUT2D eigenvalue weighted by Gasteiger charge is 2.28. The highest BCUT2D eigenvalue weighted by molar-refractivity contribution is 7.89. The summed E-state index contributed by atoms with van der Waals surface area (Å²) in [6, 6.07) is 4.51. The van der Waals surface area contributed by atoms with Crippen LogP contribution in [0.5, 0.6) is 0 Å². The predicted octanol–water partition coefficient (Wildman–Crippen LogP) is 3.78. The molecule has 144 valence electrons. The fraction of sp³-hybridized carbons (Fsp3) is 0.632. The van der Waals surface area contributed by atoms with Crippen molar-refractivity contribution in [3.63, 3.8) is 0 Å². The minimum absolute atomic E-state index is 0.164. The van der Waals surface area contributed by atoms with Crippen LogP contribution < -0.4 is 0 Å². The van der Waals surface area contributed by atoms with Gasteiger partial charge in [0.05, 0.1) is 15.5 Å². The summed E-state index contributed by atoms with van der Waals surface area (Å²) in [4.78, 5) is 14.9. The maximum atomic E-state index is 13.0. The molecule has 0 saturated carbocycles. The monoisotopic (exact) mass is 398 g/mol. The van der Waals surface area contributed by atoms with E-state index in [1.165, 1.54) is 18.2 Å². The van der Waals surface area contributed by atoms with E-state index in [0.29, 0.717) is 37.1 Å². The zero-order chi connectivity index (χ0) is 18.7. The standard InChI is InChI=1S/C19H27ClN2O3S/c1-15-7-6-10-21(14-15)19(23)17-13-16(8-9-18(17)20)26(24,25)22-11-4-2-3-5-12-22/h8-9,13,15H,2-7,10-12,14H2,1H3/t15-/m0/s1. The summed E-state index contributed by atoms with van der Waals surface area (Å²) in [5, 5.41) is 0.308. The molecule has 0 radical (unpaired) electrons. The summed E-state index contributed by atoms with van der Waals surface area (Å²) in [5.41, 5.74) is 0.289. The van der Waals surface area contributed by atoms with Crippen molar-refractivity contribution in [2.45, 2.75) is 50.3 Å². The van der Waals surface area contributed by atoms with Crippen molar-refractivity contribution in [1.29, 1.82) is 0 Å². The van der Waals surface area contributed by atoms with Crippen molar-refractivity contribution in [2.75, 3.05) is 26.2 Å². The quantitative estimate of drug-likeness (QED) is 0.778. The smallest absolute Gasteiger partial charge is 0.255 e. The maximum Gasteiger partial charge on any atom is 0.255 e. The van der Waals surface area contributed by atoms with E-state index < -0.39 is 10.0 Å². The van der Waals surface area contributed by atoms with Gasteiger partial charge in [0, 0.05) is 26.2 Å². The van der Waals surface area contributed by atoms with Crippen molar-refractivity contribution in [1.82, 2.24) is 9.21 Å². The first kappa shape index (κ1) is 19.6. The Labute approximate surface area is 161 Å². The minimum atomic E-state index is -3.60. The van der Waals surface area contributed by atoms with Gasteiger partial charge in [-0.15, -0.1) is 0 Å². The van der Waals surface area contributed by atoms with Gasteiger partial charge in [-0.3, -0.25) is 4.79 Å². The molecule has 0 aliphatic carbocycles. The molecule has 26 heavy (non-hydrogen) atoms. The van der Waals surface area contributed by atoms with Crippen LogP contribution in [-0.2, 0) is 10.0 Å². The zero-order valence-electron chi connectivity index (χ0n) is 15.3. The predicted molar refractivity (Wildman–Crippen MR) is 103 cm³/mol. The number of piperidine rings is 1. The molecule has 1 aromatic rings. The summed E-state index contributed by atoms with van der Waals surface area (Å²) >= 11 is 6.25. The van der Waals surface area contributed by atoms with Crippen molar-refractivity contribution in [2.24, 2.45) is 5.92 Å². The number of carbonyl (C=O) groups excluding carboxylic acids is 1. The molecule has 2 fully saturated rings. The van der Waals surface area contributed by atoms with E-state index >= 15 is 0 Å². The second kappa shape index (κ2) is 8.28. The second-order valence-electron chi connectivity index (χ2n) is 7.46. The van der Waals surface area contributed by atoms with Gasteiger partial charge in [-0.25, -0.2) is 8.42 Å². The van der Waals surface area contributed by atoms with Crippen LogP contribution in [0.1, 0.15) is 55.8 Å². The summed E-state index contributed by atoms with van der Waals surface area (Å²) in [6.07, 6.45) is 5.96. The average Bonchev–Trinajstić information content (AvgIpc) is 2.91. The number of amides is 1. The lowest BCUT2D eigenvalue weighted by Crippen LogP contribution is -2.39. The van der Waals surface area contributed by atoms with Crippen LogP contribution in [0.25, 0.3) is 0 Å². The number of likely N-dealkylation sites (tertiary alicyclic amines) is 1. The SMILES string of the molecule is C[C@H]1CCCN(C(=O)c2cc(S(=O)(=O)N3CCCCCC3)ccc2Cl)C1. The number of nitrogens with zero attached hydrogens (tertiary/aromatic N) is 2. The first-order valence-corrected chi connectivity index (χ1v) is 11.3. The molecule has 2 saturated heterocycles. The van der Waals surface area contributed by atoms with Gasteiger partial charge >= 0.3 is 0 Å². The summed E-state index contributed by atoms with van der Waals surface area (Å²) in [7, 11) is -3.60. The van der Waals surface area contributed by atoms with Crippen LogP contribution in [0.15, 0.2) is 23.1 Å². The summed E-state index contributed by atoms with van der Waals surface area (Å²) in [6.45, 7) is 4.60. The normalized spacial score (nSPS) is 22.8. The van der Waals surface area contributed by atoms with Crippen LogP contribution >= 0.6 is 11.6 Å². The van der Waals surface area contributed by atoms with Crippen LogP contribution in [0.2, 0.25) is 5.02 Å². The molecule has 0 N–H and O–H groups in total. The third-order valence-corrected chi connectivity index (χ3v) is 7.54. The molecule has 1 amide bonds. The van der Waals surface area contributed by atoms with Crippen LogP contribution in [0.3, 0.4) is 0 Å². The molecule has 5 nitrogen and oxygen atoms in total. The highest BCUT2D eigenvalue weighted by Crippen LogP contribution is 2.27. The number of carbonyl (C=O) groups is 1. The van der Waals surface area contributed by atoms with Gasteiger partial charge in [0.1, 0.15) is 0 Å². The molecule has 0 bridgehead atoms. The van der Waals surface area contributed by atoms with Crippen LogP contribution in [-0.4, -0.2) is 49.7 Å². The third-order valence-electron chi connectivity index (χ3n) is 5.32. The van der Waals surface area contributed by atoms with Crippen molar-refractivity contribution < 1.29 is 13.2 Å². The van der Waals surface area contributed by atoms with Gasteiger partial charge in [0.15, 0.2) is 0 Å². The van der Waals surface area contributed by atoms with Crippen molar-refractivity contribution >= 4 is 27.5 Å². The Kier molecular flexibility index (Phi) is 6.25. The van der Waals surface area contributed by atoms with E-state index in [9.17, 15) is 13.2 Å². The molecule has 1 atom stereocenters. The van der Waals surface area contributed by atoms with Crippen molar-refractivity contribution in [3.8, 4) is 0 Å². The Bertz CT molecular complexity index is 758. The molecule has 7 heteroatoms. The number of hydrogen-bond donors (Lipinski definition) is 0. The van der Waals surface area contributed by atoms with E-state index in [1.54, 1.807) is 9.21 Å². The molecule has 0 aromatic heterocycles. The Morgan fingerprint density at radius 3 is 2.42 bits per heavy atom. The lowest BCUT2D eigenvalue weighted by Gasteiger charge is -2.31. The van der Waals surface area contributed by atoms with Crippen LogP contribution in [0.4, 0.5) is 0 Å². The second-order valence-corrected chi connectivity index (χ2v) is 9.80. The molecule has 2 aliphatic rings. The number of rotatable bonds is 3. The maximum absolute atomic E-state index is 13.0. The molecule has 2 aliphatic heterocycles. The summed E-state index contributed by atoms with van der Waals surface area (Å²) < 4.78 is 27.6. The first-order valence-electron chi connectivity index (χ1n) is 9.48. The molecular formula is C19H27ClN2O3S. The van der Waals surface area contributed by atoms with Gasteiger partial charge < -0.3 is 4.90 Å². The number of halogens is 1. The van der Waals surface area contributed by atoms with Crippen LogP contribution in [0, 0.1) is 5.92 Å². The highest BCUT2D eigenvalue weighted by atomic mass is 35.5. The first-order chi connectivity index (χ1) is 12.4. The summed E-state index contributed by atoms with van der Waals surface area (Å²) in [5.74, 6) is 0.282. The van der Waals surface area contributed by atoms with E-state index in [4.69, 9.17) is 11.6 Å². The fourth-order valence-electron chi connectivity index (χ4n) is 3.80. The van der Waals surface area contributed by atoms with E-state index in [2.05, 4.69) is 6.92 Å². The van der Waals surface area contributed by atoms with E-state index in [-0.39, 0.29) is 16.4 Å². The lowest BCUT2D eigenvalue weighted by molar-refractivity contribution is 0.0683. The molecule has 0 unspecified atom stereocenters. The largest absolute Gasteiger partial charge is 0.338 e. The topological polar surface area (TPSA) is 57.7 Å². The Morgan fingerprint density at radius 1 is 1.08 bits per heavy atom. The number of hydrogen-bond acceptors (Lipinski definition) is 3. The molecule has 3 rings (SSSR count). The molecule has 1 aromatic carbocycles. The minimum Gasteiger partial charge on any atom is -0.338 e. The Balaban J connectivity index is 1.88. The average molecular weight is 399 g/mol. The number of benzene rings is 1. The van der Waals surface area contributed by atoms with Gasteiger partial charge in [-0.05, 0) is 49.8 Å². The van der Waals surface area contributed by atoms with Crippen molar-refractivity contribution in [3.05, 3.63) is 28.8 Å². The van der Waals surface area contributed by atoms with Gasteiger partial charge in [-0.1, -0.05) is 31.4 Å². The third kappa shape index (κ3) is 4.24. The number of sulfonamides is 1. The molecule has 2 heterocycles. The zero-order valence-corrected chi connectivity index (χ0v) is 16.9. The van der Waals surface area contributed by atoms with Gasteiger partial charge in [0.25, 0.3) is 5.91 Å². The fourth-order valence-corrected chi connectivity index (χ4v) is 5.55. The van der Waals surface area contributed by atoms with E-state index in [0.717, 1.165) is 38.5 Å².